The number of nitrogens with one attached hydrogen (secondary N) is 1. The second-order valence-electron chi connectivity index (χ2n) is 7.72. The monoisotopic (exact) mass is 414 g/mol. The van der Waals surface area contributed by atoms with Crippen LogP contribution in [0.5, 0.6) is 0 Å². The number of benzene rings is 5. The second-order valence-corrected chi connectivity index (χ2v) is 7.72. The maximum Gasteiger partial charge on any atom is 0.252 e. The number of hydrazone groups is 1. The molecule has 0 heterocycles. The second kappa shape index (κ2) is 8.86. The lowest BCUT2D eigenvalue weighted by Gasteiger charge is -2.16. The normalized spacial score (nSPS) is 11.4. The summed E-state index contributed by atoms with van der Waals surface area (Å²) in [5, 5.41) is 8.88. The van der Waals surface area contributed by atoms with Gasteiger partial charge in [-0.15, -0.1) is 0 Å². The van der Waals surface area contributed by atoms with Crippen LogP contribution in [0.4, 0.5) is 0 Å². The van der Waals surface area contributed by atoms with Gasteiger partial charge in [-0.1, -0.05) is 109 Å². The Morgan fingerprint density at radius 3 is 1.66 bits per heavy atom. The SMILES string of the molecule is O=C(NN=Cc1c2ccccc2cc2ccccc12)C(c1ccccc1)c1ccccc1. The van der Waals surface area contributed by atoms with Crippen LogP contribution in [-0.4, -0.2) is 12.1 Å². The molecule has 5 rings (SSSR count). The Morgan fingerprint density at radius 1 is 0.656 bits per heavy atom. The fourth-order valence-corrected chi connectivity index (χ4v) is 4.20. The molecule has 154 valence electrons. The molecule has 3 heteroatoms. The summed E-state index contributed by atoms with van der Waals surface area (Å²) in [6.07, 6.45) is 1.76. The van der Waals surface area contributed by atoms with Crippen molar-refractivity contribution >= 4 is 33.7 Å². The molecule has 1 amide bonds. The van der Waals surface area contributed by atoms with E-state index < -0.39 is 5.92 Å². The number of hydrogen-bond donors (Lipinski definition) is 1. The lowest BCUT2D eigenvalue weighted by Crippen LogP contribution is -2.26. The zero-order valence-corrected chi connectivity index (χ0v) is 17.5. The van der Waals surface area contributed by atoms with Crippen LogP contribution in [0.2, 0.25) is 0 Å². The van der Waals surface area contributed by atoms with E-state index >= 15 is 0 Å². The smallest absolute Gasteiger partial charge is 0.252 e. The van der Waals surface area contributed by atoms with Crippen molar-refractivity contribution in [1.82, 2.24) is 5.43 Å². The number of carbonyl (C=O) groups is 1. The Bertz CT molecular complexity index is 1320. The van der Waals surface area contributed by atoms with Crippen LogP contribution in [0, 0.1) is 0 Å². The molecule has 3 nitrogen and oxygen atoms in total. The highest BCUT2D eigenvalue weighted by Gasteiger charge is 2.22. The highest BCUT2D eigenvalue weighted by molar-refractivity contribution is 6.13. The molecule has 0 unspecified atom stereocenters. The van der Waals surface area contributed by atoms with Crippen molar-refractivity contribution in [1.29, 1.82) is 0 Å². The summed E-state index contributed by atoms with van der Waals surface area (Å²) < 4.78 is 0. The van der Waals surface area contributed by atoms with Gasteiger partial charge < -0.3 is 0 Å². The number of hydrogen-bond acceptors (Lipinski definition) is 2. The molecule has 0 bridgehead atoms. The number of rotatable bonds is 5. The number of amides is 1. The third-order valence-electron chi connectivity index (χ3n) is 5.71. The van der Waals surface area contributed by atoms with Crippen LogP contribution in [0.3, 0.4) is 0 Å². The highest BCUT2D eigenvalue weighted by Crippen LogP contribution is 2.28. The van der Waals surface area contributed by atoms with E-state index in [1.807, 2.05) is 84.9 Å². The molecule has 32 heavy (non-hydrogen) atoms. The molecule has 0 saturated heterocycles. The van der Waals surface area contributed by atoms with E-state index in [0.717, 1.165) is 38.2 Å². The van der Waals surface area contributed by atoms with Crippen LogP contribution in [0.1, 0.15) is 22.6 Å². The molecule has 0 spiro atoms. The van der Waals surface area contributed by atoms with Gasteiger partial charge in [0.2, 0.25) is 0 Å². The minimum absolute atomic E-state index is 0.164. The van der Waals surface area contributed by atoms with Crippen LogP contribution in [-0.2, 0) is 4.79 Å². The molecule has 5 aromatic rings. The minimum Gasteiger partial charge on any atom is -0.272 e. The van der Waals surface area contributed by atoms with Crippen molar-refractivity contribution in [3.05, 3.63) is 132 Å². The average molecular weight is 415 g/mol. The average Bonchev–Trinajstić information content (AvgIpc) is 2.85. The molecule has 0 aliphatic heterocycles. The summed E-state index contributed by atoms with van der Waals surface area (Å²) in [5.41, 5.74) is 5.65. The zero-order chi connectivity index (χ0) is 21.8. The van der Waals surface area contributed by atoms with Gasteiger partial charge in [0, 0.05) is 5.56 Å². The van der Waals surface area contributed by atoms with E-state index in [-0.39, 0.29) is 5.91 Å². The summed E-state index contributed by atoms with van der Waals surface area (Å²) in [6.45, 7) is 0. The molecule has 0 saturated carbocycles. The maximum absolute atomic E-state index is 13.2. The zero-order valence-electron chi connectivity index (χ0n) is 17.5. The van der Waals surface area contributed by atoms with Gasteiger partial charge in [-0.2, -0.15) is 5.10 Å². The van der Waals surface area contributed by atoms with E-state index in [1.165, 1.54) is 0 Å². The van der Waals surface area contributed by atoms with Gasteiger partial charge in [0.25, 0.3) is 5.91 Å². The fourth-order valence-electron chi connectivity index (χ4n) is 4.20. The van der Waals surface area contributed by atoms with Gasteiger partial charge in [-0.05, 0) is 38.7 Å². The fraction of sp³-hybridized carbons (Fsp3) is 0.0345. The first kappa shape index (κ1) is 19.7. The summed E-state index contributed by atoms with van der Waals surface area (Å²) in [5.74, 6) is -0.595. The molecular formula is C29H22N2O. The Balaban J connectivity index is 1.50. The first-order valence-electron chi connectivity index (χ1n) is 10.6. The molecule has 0 fully saturated rings. The largest absolute Gasteiger partial charge is 0.272 e. The van der Waals surface area contributed by atoms with Crippen molar-refractivity contribution in [2.24, 2.45) is 5.10 Å². The molecule has 0 radical (unpaired) electrons. The predicted molar refractivity (Wildman–Crippen MR) is 132 cm³/mol. The van der Waals surface area contributed by atoms with Gasteiger partial charge >= 0.3 is 0 Å². The first-order chi connectivity index (χ1) is 15.8. The van der Waals surface area contributed by atoms with Crippen LogP contribution in [0.15, 0.2) is 120 Å². The molecule has 0 aromatic heterocycles. The summed E-state index contributed by atoms with van der Waals surface area (Å²) in [6, 6.07) is 38.2. The van der Waals surface area contributed by atoms with Gasteiger partial charge in [0.15, 0.2) is 0 Å². The van der Waals surface area contributed by atoms with E-state index in [1.54, 1.807) is 6.21 Å². The summed E-state index contributed by atoms with van der Waals surface area (Å²) >= 11 is 0. The molecule has 0 aliphatic rings. The van der Waals surface area contributed by atoms with Crippen LogP contribution >= 0.6 is 0 Å². The van der Waals surface area contributed by atoms with Crippen LogP contribution in [0.25, 0.3) is 21.5 Å². The molecular weight excluding hydrogens is 392 g/mol. The molecule has 1 N–H and O–H groups in total. The first-order valence-corrected chi connectivity index (χ1v) is 10.6. The minimum atomic E-state index is -0.432. The topological polar surface area (TPSA) is 41.5 Å². The lowest BCUT2D eigenvalue weighted by atomic mass is 9.91. The Hall–Kier alpha value is -4.24. The van der Waals surface area contributed by atoms with E-state index in [0.29, 0.717) is 0 Å². The van der Waals surface area contributed by atoms with Gasteiger partial charge in [0.05, 0.1) is 12.1 Å². The van der Waals surface area contributed by atoms with Crippen molar-refractivity contribution < 1.29 is 4.79 Å². The summed E-state index contributed by atoms with van der Waals surface area (Å²) in [4.78, 5) is 13.2. The highest BCUT2D eigenvalue weighted by atomic mass is 16.2. The van der Waals surface area contributed by atoms with Crippen LogP contribution < -0.4 is 5.43 Å². The number of carbonyl (C=O) groups excluding carboxylic acids is 1. The Morgan fingerprint density at radius 2 is 1.12 bits per heavy atom. The van der Waals surface area contributed by atoms with Gasteiger partial charge in [0.1, 0.15) is 0 Å². The third kappa shape index (κ3) is 3.88. The van der Waals surface area contributed by atoms with Gasteiger partial charge in [-0.3, -0.25) is 4.79 Å². The molecule has 0 aliphatic carbocycles. The number of nitrogens with zero attached hydrogens (tertiary/aromatic N) is 1. The van der Waals surface area contributed by atoms with E-state index in [2.05, 4.69) is 40.9 Å². The van der Waals surface area contributed by atoms with E-state index in [9.17, 15) is 4.79 Å². The van der Waals surface area contributed by atoms with Gasteiger partial charge in [-0.25, -0.2) is 5.43 Å². The van der Waals surface area contributed by atoms with Crippen molar-refractivity contribution in [3.63, 3.8) is 0 Å². The van der Waals surface area contributed by atoms with E-state index in [4.69, 9.17) is 0 Å². The summed E-state index contributed by atoms with van der Waals surface area (Å²) in [7, 11) is 0. The Kier molecular flexibility index (Phi) is 5.46. The quantitative estimate of drug-likeness (QED) is 0.205. The van der Waals surface area contributed by atoms with Crippen molar-refractivity contribution in [2.45, 2.75) is 5.92 Å². The van der Waals surface area contributed by atoms with Crippen molar-refractivity contribution in [2.75, 3.05) is 0 Å². The standard InChI is InChI=1S/C29H22N2O/c32-29(28(21-11-3-1-4-12-21)22-13-5-2-6-14-22)31-30-20-27-25-17-9-7-15-23(25)19-24-16-8-10-18-26(24)27/h1-20,28H,(H,31,32). The predicted octanol–water partition coefficient (Wildman–Crippen LogP) is 6.28. The molecule has 0 atom stereocenters. The van der Waals surface area contributed by atoms with Crippen molar-refractivity contribution in [3.8, 4) is 0 Å². The lowest BCUT2D eigenvalue weighted by molar-refractivity contribution is -0.121. The maximum atomic E-state index is 13.2. The Labute approximate surface area is 187 Å². The number of fused-ring (bicyclic) bond motifs is 2. The third-order valence-corrected chi connectivity index (χ3v) is 5.71. The molecule has 5 aromatic carbocycles.